The fourth-order valence-electron chi connectivity index (χ4n) is 3.26. The van der Waals surface area contributed by atoms with Crippen molar-refractivity contribution in [1.82, 2.24) is 4.90 Å². The third kappa shape index (κ3) is 4.39. The lowest BCUT2D eigenvalue weighted by Gasteiger charge is -2.17. The number of amides is 2. The van der Waals surface area contributed by atoms with Gasteiger partial charge in [0.15, 0.2) is 0 Å². The molecule has 8 nitrogen and oxygen atoms in total. The Kier molecular flexibility index (Phi) is 7.00. The number of fused-ring (bicyclic) bond motifs is 1. The topological polar surface area (TPSA) is 113 Å². The smallest absolute Gasteiger partial charge is 0.341 e. The van der Waals surface area contributed by atoms with Crippen LogP contribution < -0.4 is 10.9 Å². The van der Waals surface area contributed by atoms with Gasteiger partial charge in [-0.1, -0.05) is 11.6 Å². The van der Waals surface area contributed by atoms with Gasteiger partial charge >= 0.3 is 5.97 Å². The van der Waals surface area contributed by atoms with E-state index >= 15 is 0 Å². The molecule has 10 heteroatoms. The number of rotatable bonds is 6. The number of halogens is 1. The van der Waals surface area contributed by atoms with E-state index in [-0.39, 0.29) is 27.6 Å². The summed E-state index contributed by atoms with van der Waals surface area (Å²) < 4.78 is 10.3. The predicted molar refractivity (Wildman–Crippen MR) is 123 cm³/mol. The molecule has 0 fully saturated rings. The molecule has 2 heterocycles. The lowest BCUT2D eigenvalue weighted by molar-refractivity contribution is 0.0601. The molecule has 0 aliphatic rings. The quantitative estimate of drug-likeness (QED) is 0.511. The Morgan fingerprint density at radius 2 is 1.91 bits per heavy atom. The van der Waals surface area contributed by atoms with Gasteiger partial charge in [0.05, 0.1) is 17.6 Å². The molecule has 0 saturated heterocycles. The molecule has 0 bridgehead atoms. The second-order valence-corrected chi connectivity index (χ2v) is 8.31. The Bertz CT molecular complexity index is 1280. The first-order valence-electron chi connectivity index (χ1n) is 9.82. The van der Waals surface area contributed by atoms with Crippen LogP contribution in [-0.4, -0.2) is 42.9 Å². The van der Waals surface area contributed by atoms with Gasteiger partial charge in [0.25, 0.3) is 11.8 Å². The normalized spacial score (nSPS) is 10.8. The van der Waals surface area contributed by atoms with Crippen LogP contribution >= 0.6 is 22.9 Å². The third-order valence-electron chi connectivity index (χ3n) is 4.98. The summed E-state index contributed by atoms with van der Waals surface area (Å²) in [6.45, 7) is 6.37. The van der Waals surface area contributed by atoms with E-state index in [1.165, 1.54) is 13.2 Å². The van der Waals surface area contributed by atoms with Crippen LogP contribution in [0.1, 0.15) is 49.8 Å². The van der Waals surface area contributed by atoms with Gasteiger partial charge in [-0.2, -0.15) is 0 Å². The molecule has 2 aromatic heterocycles. The van der Waals surface area contributed by atoms with Crippen LogP contribution in [0.5, 0.6) is 0 Å². The number of esters is 1. The van der Waals surface area contributed by atoms with Crippen molar-refractivity contribution in [2.75, 3.05) is 25.5 Å². The predicted octanol–water partition coefficient (Wildman–Crippen LogP) is 4.46. The molecule has 1 aromatic carbocycles. The van der Waals surface area contributed by atoms with Crippen molar-refractivity contribution in [1.29, 1.82) is 5.41 Å². The van der Waals surface area contributed by atoms with E-state index in [1.54, 1.807) is 30.0 Å². The maximum atomic E-state index is 13.0. The molecular formula is C22H22ClN3O5S. The average molecular weight is 476 g/mol. The fourth-order valence-corrected chi connectivity index (χ4v) is 4.60. The van der Waals surface area contributed by atoms with Crippen molar-refractivity contribution in [3.8, 4) is 0 Å². The van der Waals surface area contributed by atoms with Crippen LogP contribution in [0.25, 0.3) is 11.0 Å². The Morgan fingerprint density at radius 1 is 1.22 bits per heavy atom. The summed E-state index contributed by atoms with van der Waals surface area (Å²) in [4.78, 5) is 40.3. The van der Waals surface area contributed by atoms with Crippen LogP contribution in [0.15, 0.2) is 28.7 Å². The highest BCUT2D eigenvalue weighted by molar-refractivity contribution is 7.18. The zero-order chi connectivity index (χ0) is 23.6. The summed E-state index contributed by atoms with van der Waals surface area (Å²) >= 11 is 7.01. The molecule has 0 aliphatic carbocycles. The monoisotopic (exact) mass is 475 g/mol. The number of hydrogen-bond donors (Lipinski definition) is 2. The molecule has 0 saturated carbocycles. The number of methoxy groups -OCH3 is 1. The van der Waals surface area contributed by atoms with Gasteiger partial charge < -0.3 is 19.4 Å². The number of benzene rings is 1. The van der Waals surface area contributed by atoms with E-state index in [1.807, 2.05) is 13.8 Å². The number of ether oxygens (including phenoxy) is 1. The molecule has 0 unspecified atom stereocenters. The second-order valence-electron chi connectivity index (χ2n) is 6.85. The largest absolute Gasteiger partial charge is 0.465 e. The minimum atomic E-state index is -0.672. The number of carbonyl (C=O) groups excluding carboxylic acids is 3. The molecule has 0 aliphatic heterocycles. The first-order valence-corrected chi connectivity index (χ1v) is 11.0. The van der Waals surface area contributed by atoms with E-state index in [4.69, 9.17) is 26.2 Å². The first kappa shape index (κ1) is 23.5. The van der Waals surface area contributed by atoms with Gasteiger partial charge in [-0.15, -0.1) is 11.3 Å². The van der Waals surface area contributed by atoms with E-state index < -0.39 is 11.9 Å². The van der Waals surface area contributed by atoms with Crippen LogP contribution in [0.3, 0.4) is 0 Å². The van der Waals surface area contributed by atoms with Crippen LogP contribution in [-0.2, 0) is 4.74 Å². The maximum Gasteiger partial charge on any atom is 0.341 e. The van der Waals surface area contributed by atoms with E-state index in [2.05, 4.69) is 5.32 Å². The maximum absolute atomic E-state index is 13.0. The van der Waals surface area contributed by atoms with Crippen LogP contribution in [0.2, 0.25) is 5.02 Å². The number of nitrogens with zero attached hydrogens (tertiary/aromatic N) is 1. The summed E-state index contributed by atoms with van der Waals surface area (Å²) in [6, 6.07) is 6.34. The molecule has 2 N–H and O–H groups in total. The van der Waals surface area contributed by atoms with Gasteiger partial charge in [-0.25, -0.2) is 4.79 Å². The molecular weight excluding hydrogens is 454 g/mol. The van der Waals surface area contributed by atoms with Crippen LogP contribution in [0, 0.1) is 12.3 Å². The van der Waals surface area contributed by atoms with Gasteiger partial charge in [0, 0.05) is 23.5 Å². The molecule has 32 heavy (non-hydrogen) atoms. The van der Waals surface area contributed by atoms with Crippen molar-refractivity contribution < 1.29 is 23.5 Å². The zero-order valence-corrected chi connectivity index (χ0v) is 19.6. The highest BCUT2D eigenvalue weighted by Gasteiger charge is 2.28. The molecule has 3 aromatic rings. The lowest BCUT2D eigenvalue weighted by atomic mass is 10.1. The summed E-state index contributed by atoms with van der Waals surface area (Å²) in [5, 5.41) is 11.9. The SMILES string of the molecule is CCN(CC)C(=O)c1sc(NC(=O)c2cc3cc(Cl)ccc3oc2=N)c(C(=O)OC)c1C. The van der Waals surface area contributed by atoms with Gasteiger partial charge in [0.2, 0.25) is 5.55 Å². The summed E-state index contributed by atoms with van der Waals surface area (Å²) in [5.41, 5.74) is 0.553. The third-order valence-corrected chi connectivity index (χ3v) is 6.41. The molecule has 2 amide bonds. The number of nitrogens with one attached hydrogen (secondary N) is 2. The van der Waals surface area contributed by atoms with E-state index in [0.717, 1.165) is 11.3 Å². The molecule has 0 spiro atoms. The van der Waals surface area contributed by atoms with Crippen molar-refractivity contribution in [2.45, 2.75) is 20.8 Å². The van der Waals surface area contributed by atoms with Crippen molar-refractivity contribution in [3.63, 3.8) is 0 Å². The van der Waals surface area contributed by atoms with E-state index in [9.17, 15) is 14.4 Å². The highest BCUT2D eigenvalue weighted by Crippen LogP contribution is 2.35. The van der Waals surface area contributed by atoms with Gasteiger partial charge in [-0.3, -0.25) is 15.0 Å². The van der Waals surface area contributed by atoms with Gasteiger partial charge in [-0.05, 0) is 50.6 Å². The van der Waals surface area contributed by atoms with Gasteiger partial charge in [0.1, 0.15) is 16.1 Å². The average Bonchev–Trinajstić information content (AvgIpc) is 3.09. The lowest BCUT2D eigenvalue weighted by Crippen LogP contribution is -2.30. The minimum absolute atomic E-state index is 0.0433. The second kappa shape index (κ2) is 9.54. The number of anilines is 1. The van der Waals surface area contributed by atoms with Crippen molar-refractivity contribution in [3.05, 3.63) is 56.4 Å². The number of carbonyl (C=O) groups is 3. The minimum Gasteiger partial charge on any atom is -0.465 e. The molecule has 168 valence electrons. The van der Waals surface area contributed by atoms with Crippen molar-refractivity contribution in [2.24, 2.45) is 0 Å². The molecule has 0 radical (unpaired) electrons. The summed E-state index contributed by atoms with van der Waals surface area (Å²) in [7, 11) is 1.23. The Labute approximate surface area is 193 Å². The number of thiophene rings is 1. The summed E-state index contributed by atoms with van der Waals surface area (Å²) in [6.07, 6.45) is 0. The molecule has 0 atom stereocenters. The highest BCUT2D eigenvalue weighted by atomic mass is 35.5. The Hall–Kier alpha value is -3.17. The van der Waals surface area contributed by atoms with Crippen LogP contribution in [0.4, 0.5) is 5.00 Å². The summed E-state index contributed by atoms with van der Waals surface area (Å²) in [5.74, 6) is -1.57. The standard InChI is InChI=1S/C22H22ClN3O5S/c1-5-26(6-2)21(28)17-11(3)16(22(29)30-4)20(32-17)25-19(27)14-10-12-9-13(23)7-8-15(12)31-18(14)24/h7-10,24H,5-6H2,1-4H3,(H,25,27). The fraction of sp³-hybridized carbons (Fsp3) is 0.273. The van der Waals surface area contributed by atoms with Crippen molar-refractivity contribution >= 4 is 56.7 Å². The Balaban J connectivity index is 2.05. The Morgan fingerprint density at radius 3 is 2.53 bits per heavy atom. The molecule has 3 rings (SSSR count). The van der Waals surface area contributed by atoms with E-state index in [0.29, 0.717) is 39.5 Å². The number of hydrogen-bond acceptors (Lipinski definition) is 7. The zero-order valence-electron chi connectivity index (χ0n) is 18.0. The first-order chi connectivity index (χ1) is 15.2.